The maximum absolute atomic E-state index is 12.4. The van der Waals surface area contributed by atoms with Crippen molar-refractivity contribution in [2.24, 2.45) is 0 Å². The molecule has 2 aliphatic heterocycles. The van der Waals surface area contributed by atoms with Gasteiger partial charge < -0.3 is 14.8 Å². The zero-order valence-corrected chi connectivity index (χ0v) is 15.8. The second-order valence-corrected chi connectivity index (χ2v) is 7.67. The van der Waals surface area contributed by atoms with Gasteiger partial charge in [-0.05, 0) is 43.9 Å². The first-order valence-corrected chi connectivity index (χ1v) is 9.59. The van der Waals surface area contributed by atoms with Gasteiger partial charge in [0.1, 0.15) is 23.4 Å². The molecule has 1 atom stereocenters. The molecular weight excluding hydrogens is 358 g/mol. The number of hydrogen-bond donors (Lipinski definition) is 1. The summed E-state index contributed by atoms with van der Waals surface area (Å²) in [4.78, 5) is 30.1. The SMILES string of the molecule is CC[C@H]1NC(=O)N(c2cccc(Oc3ccc(C)c4c3C3(CC3)CO4)n2)C1=O. The number of benzene rings is 1. The Morgan fingerprint density at radius 3 is 2.82 bits per heavy atom. The molecule has 1 N–H and O–H groups in total. The number of carbonyl (C=O) groups is 2. The molecular formula is C21H21N3O4. The van der Waals surface area contributed by atoms with Crippen LogP contribution in [0.1, 0.15) is 37.3 Å². The lowest BCUT2D eigenvalue weighted by molar-refractivity contribution is -0.118. The largest absolute Gasteiger partial charge is 0.492 e. The number of nitrogens with zero attached hydrogens (tertiary/aromatic N) is 2. The molecule has 1 spiro atoms. The molecule has 5 rings (SSSR count). The van der Waals surface area contributed by atoms with E-state index in [1.54, 1.807) is 18.2 Å². The molecule has 144 valence electrons. The lowest BCUT2D eigenvalue weighted by Gasteiger charge is -2.15. The molecule has 1 aromatic heterocycles. The van der Waals surface area contributed by atoms with Crippen molar-refractivity contribution in [3.63, 3.8) is 0 Å². The summed E-state index contributed by atoms with van der Waals surface area (Å²) in [6.45, 7) is 4.58. The molecule has 1 saturated heterocycles. The van der Waals surface area contributed by atoms with E-state index in [9.17, 15) is 9.59 Å². The van der Waals surface area contributed by atoms with Crippen LogP contribution in [0.25, 0.3) is 0 Å². The van der Waals surface area contributed by atoms with E-state index in [2.05, 4.69) is 10.3 Å². The van der Waals surface area contributed by atoms with Crippen LogP contribution >= 0.6 is 0 Å². The summed E-state index contributed by atoms with van der Waals surface area (Å²) in [5.74, 6) is 1.94. The molecule has 28 heavy (non-hydrogen) atoms. The zero-order valence-electron chi connectivity index (χ0n) is 15.8. The Balaban J connectivity index is 1.47. The van der Waals surface area contributed by atoms with Crippen molar-refractivity contribution in [2.45, 2.75) is 44.6 Å². The summed E-state index contributed by atoms with van der Waals surface area (Å²) >= 11 is 0. The number of pyridine rings is 1. The summed E-state index contributed by atoms with van der Waals surface area (Å²) in [6.07, 6.45) is 2.72. The van der Waals surface area contributed by atoms with Crippen LogP contribution in [-0.2, 0) is 10.2 Å². The van der Waals surface area contributed by atoms with Crippen LogP contribution in [-0.4, -0.2) is 29.6 Å². The highest BCUT2D eigenvalue weighted by Gasteiger charge is 2.53. The van der Waals surface area contributed by atoms with Gasteiger partial charge in [0.05, 0.1) is 6.61 Å². The number of nitrogens with one attached hydrogen (secondary N) is 1. The molecule has 1 saturated carbocycles. The van der Waals surface area contributed by atoms with E-state index >= 15 is 0 Å². The molecule has 0 unspecified atom stereocenters. The predicted molar refractivity (Wildman–Crippen MR) is 102 cm³/mol. The van der Waals surface area contributed by atoms with Gasteiger partial charge in [-0.1, -0.05) is 19.1 Å². The number of urea groups is 1. The standard InChI is InChI=1S/C21H21N3O4/c1-3-13-19(25)24(20(26)22-13)15-5-4-6-16(23-15)28-14-8-7-12(2)18-17(14)21(9-10-21)11-27-18/h4-8,13H,3,9-11H2,1-2H3,(H,22,26)/t13-/m1/s1. The second-order valence-electron chi connectivity index (χ2n) is 7.67. The van der Waals surface area contributed by atoms with Crippen molar-refractivity contribution < 1.29 is 19.1 Å². The summed E-state index contributed by atoms with van der Waals surface area (Å²) < 4.78 is 12.1. The minimum absolute atomic E-state index is 0.0629. The number of aryl methyl sites for hydroxylation is 1. The van der Waals surface area contributed by atoms with E-state index in [1.165, 1.54) is 0 Å². The Morgan fingerprint density at radius 1 is 1.29 bits per heavy atom. The normalized spacial score (nSPS) is 21.5. The predicted octanol–water partition coefficient (Wildman–Crippen LogP) is 3.44. The number of carbonyl (C=O) groups excluding carboxylic acids is 2. The van der Waals surface area contributed by atoms with Crippen LogP contribution in [0.5, 0.6) is 17.4 Å². The Bertz CT molecular complexity index is 999. The van der Waals surface area contributed by atoms with Crippen LogP contribution in [0.3, 0.4) is 0 Å². The van der Waals surface area contributed by atoms with E-state index in [4.69, 9.17) is 9.47 Å². The van der Waals surface area contributed by atoms with Crippen molar-refractivity contribution >= 4 is 17.8 Å². The van der Waals surface area contributed by atoms with Crippen LogP contribution in [0, 0.1) is 6.92 Å². The number of rotatable bonds is 4. The quantitative estimate of drug-likeness (QED) is 0.823. The number of ether oxygens (including phenoxy) is 2. The van der Waals surface area contributed by atoms with Crippen molar-refractivity contribution in [3.8, 4) is 17.4 Å². The molecule has 2 aromatic rings. The Morgan fingerprint density at radius 2 is 2.11 bits per heavy atom. The Labute approximate surface area is 162 Å². The van der Waals surface area contributed by atoms with E-state index < -0.39 is 12.1 Å². The summed E-state index contributed by atoms with van der Waals surface area (Å²) in [7, 11) is 0. The minimum atomic E-state index is -0.508. The fourth-order valence-electron chi connectivity index (χ4n) is 3.99. The van der Waals surface area contributed by atoms with E-state index in [0.29, 0.717) is 18.9 Å². The number of amides is 3. The smallest absolute Gasteiger partial charge is 0.330 e. The van der Waals surface area contributed by atoms with E-state index in [-0.39, 0.29) is 17.1 Å². The van der Waals surface area contributed by atoms with Gasteiger partial charge in [-0.25, -0.2) is 9.69 Å². The highest BCUT2D eigenvalue weighted by atomic mass is 16.5. The van der Waals surface area contributed by atoms with Crippen molar-refractivity contribution in [1.82, 2.24) is 10.3 Å². The fourth-order valence-corrected chi connectivity index (χ4v) is 3.99. The molecule has 0 bridgehead atoms. The number of imide groups is 1. The molecule has 3 aliphatic rings. The van der Waals surface area contributed by atoms with Gasteiger partial charge in [0.15, 0.2) is 0 Å². The lowest BCUT2D eigenvalue weighted by atomic mass is 9.95. The average Bonchev–Trinajstić information content (AvgIpc) is 3.27. The molecule has 2 fully saturated rings. The van der Waals surface area contributed by atoms with E-state index in [0.717, 1.165) is 40.4 Å². The van der Waals surface area contributed by atoms with Crippen molar-refractivity contribution in [1.29, 1.82) is 0 Å². The first-order valence-electron chi connectivity index (χ1n) is 9.59. The Kier molecular flexibility index (Phi) is 3.62. The van der Waals surface area contributed by atoms with E-state index in [1.807, 2.05) is 26.0 Å². The lowest BCUT2D eigenvalue weighted by Crippen LogP contribution is -2.31. The van der Waals surface area contributed by atoms with Gasteiger partial charge in [-0.3, -0.25) is 4.79 Å². The number of hydrogen-bond acceptors (Lipinski definition) is 5. The first kappa shape index (κ1) is 17.0. The second kappa shape index (κ2) is 5.95. The van der Waals surface area contributed by atoms with Gasteiger partial charge in [-0.15, -0.1) is 0 Å². The average molecular weight is 379 g/mol. The summed E-state index contributed by atoms with van der Waals surface area (Å²) in [6, 6.07) is 8.04. The summed E-state index contributed by atoms with van der Waals surface area (Å²) in [5, 5.41) is 2.67. The topological polar surface area (TPSA) is 80.8 Å². The first-order chi connectivity index (χ1) is 13.5. The third-order valence-corrected chi connectivity index (χ3v) is 5.77. The van der Waals surface area contributed by atoms with Crippen LogP contribution < -0.4 is 19.7 Å². The van der Waals surface area contributed by atoms with Gasteiger partial charge >= 0.3 is 6.03 Å². The molecule has 3 amide bonds. The molecule has 0 radical (unpaired) electrons. The number of anilines is 1. The third-order valence-electron chi connectivity index (χ3n) is 5.77. The van der Waals surface area contributed by atoms with Gasteiger partial charge in [-0.2, -0.15) is 4.98 Å². The zero-order chi connectivity index (χ0) is 19.5. The molecule has 1 aromatic carbocycles. The Hall–Kier alpha value is -3.09. The minimum Gasteiger partial charge on any atom is -0.492 e. The van der Waals surface area contributed by atoms with Gasteiger partial charge in [0.25, 0.3) is 5.91 Å². The van der Waals surface area contributed by atoms with Gasteiger partial charge in [0.2, 0.25) is 5.88 Å². The number of fused-ring (bicyclic) bond motifs is 2. The summed E-state index contributed by atoms with van der Waals surface area (Å²) in [5.41, 5.74) is 2.27. The third kappa shape index (κ3) is 2.46. The van der Waals surface area contributed by atoms with Crippen molar-refractivity contribution in [3.05, 3.63) is 41.5 Å². The van der Waals surface area contributed by atoms with Gasteiger partial charge in [0, 0.05) is 17.0 Å². The molecule has 7 heteroatoms. The molecule has 3 heterocycles. The van der Waals surface area contributed by atoms with Crippen LogP contribution in [0.4, 0.5) is 10.6 Å². The van der Waals surface area contributed by atoms with Crippen LogP contribution in [0.2, 0.25) is 0 Å². The maximum Gasteiger partial charge on any atom is 0.330 e. The van der Waals surface area contributed by atoms with Crippen LogP contribution in [0.15, 0.2) is 30.3 Å². The fraction of sp³-hybridized carbons (Fsp3) is 0.381. The number of aromatic nitrogens is 1. The highest BCUT2D eigenvalue weighted by molar-refractivity contribution is 6.20. The molecule has 7 nitrogen and oxygen atoms in total. The highest BCUT2D eigenvalue weighted by Crippen LogP contribution is 2.59. The molecule has 1 aliphatic carbocycles. The maximum atomic E-state index is 12.4. The monoisotopic (exact) mass is 379 g/mol. The van der Waals surface area contributed by atoms with Crippen molar-refractivity contribution in [2.75, 3.05) is 11.5 Å².